The lowest BCUT2D eigenvalue weighted by Crippen LogP contribution is -2.40. The Morgan fingerprint density at radius 3 is 2.05 bits per heavy atom. The van der Waals surface area contributed by atoms with Crippen LogP contribution in [0.4, 0.5) is 5.69 Å². The summed E-state index contributed by atoms with van der Waals surface area (Å²) < 4.78 is 0. The molecule has 102 valence electrons. The summed E-state index contributed by atoms with van der Waals surface area (Å²) >= 11 is 0. The number of hydrogen-bond acceptors (Lipinski definition) is 2. The number of aliphatic imine (C=N–C) groups is 1. The summed E-state index contributed by atoms with van der Waals surface area (Å²) in [4.78, 5) is 6.90. The van der Waals surface area contributed by atoms with Crippen molar-refractivity contribution in [3.63, 3.8) is 0 Å². The molecule has 0 saturated heterocycles. The summed E-state index contributed by atoms with van der Waals surface area (Å²) in [5.41, 5.74) is 1.43. The highest BCUT2D eigenvalue weighted by molar-refractivity contribution is 5.60. The van der Waals surface area contributed by atoms with Gasteiger partial charge in [-0.3, -0.25) is 0 Å². The van der Waals surface area contributed by atoms with E-state index in [0.717, 1.165) is 18.0 Å². The molecule has 1 aromatic carbocycles. The highest BCUT2D eigenvalue weighted by Crippen LogP contribution is 2.38. The van der Waals surface area contributed by atoms with Crippen LogP contribution in [0.5, 0.6) is 0 Å². The van der Waals surface area contributed by atoms with Gasteiger partial charge in [0.05, 0.1) is 0 Å². The normalized spacial score (nSPS) is 27.6. The van der Waals surface area contributed by atoms with E-state index in [2.05, 4.69) is 46.4 Å². The average molecular weight is 256 g/mol. The van der Waals surface area contributed by atoms with E-state index in [-0.39, 0.29) is 0 Å². The van der Waals surface area contributed by atoms with Crippen molar-refractivity contribution in [2.24, 2.45) is 10.9 Å². The minimum absolute atomic E-state index is 0.720. The first-order valence-corrected chi connectivity index (χ1v) is 7.64. The maximum Gasteiger partial charge on any atom is 0.0371 e. The molecule has 0 heterocycles. The van der Waals surface area contributed by atoms with Gasteiger partial charge in [-0.2, -0.15) is 0 Å². The van der Waals surface area contributed by atoms with Gasteiger partial charge in [0.25, 0.3) is 0 Å². The summed E-state index contributed by atoms with van der Waals surface area (Å²) in [6, 6.07) is 12.6. The van der Waals surface area contributed by atoms with Crippen LogP contribution in [-0.2, 0) is 0 Å². The minimum atomic E-state index is 0.720. The lowest BCUT2D eigenvalue weighted by molar-refractivity contribution is 0.374. The third-order valence-corrected chi connectivity index (χ3v) is 4.49. The van der Waals surface area contributed by atoms with Gasteiger partial charge in [-0.25, -0.2) is 0 Å². The lowest BCUT2D eigenvalue weighted by Gasteiger charge is -2.38. The zero-order valence-electron chi connectivity index (χ0n) is 11.8. The highest BCUT2D eigenvalue weighted by Gasteiger charge is 2.35. The van der Waals surface area contributed by atoms with Crippen molar-refractivity contribution < 1.29 is 0 Å². The van der Waals surface area contributed by atoms with Crippen molar-refractivity contribution in [3.8, 4) is 0 Å². The number of para-hydroxylation sites is 1. The van der Waals surface area contributed by atoms with Gasteiger partial charge in [-0.1, -0.05) is 18.2 Å². The Balaban J connectivity index is 1.69. The van der Waals surface area contributed by atoms with Gasteiger partial charge in [0.15, 0.2) is 0 Å². The molecule has 0 amide bonds. The maximum atomic E-state index is 4.20. The van der Waals surface area contributed by atoms with Gasteiger partial charge in [0.2, 0.25) is 0 Å². The fraction of sp³-hybridized carbons (Fsp3) is 0.588. The number of anilines is 1. The van der Waals surface area contributed by atoms with Crippen LogP contribution < -0.4 is 4.90 Å². The van der Waals surface area contributed by atoms with Gasteiger partial charge in [0.1, 0.15) is 0 Å². The van der Waals surface area contributed by atoms with E-state index in [9.17, 15) is 0 Å². The molecule has 0 N–H and O–H groups in total. The molecule has 0 aliphatic heterocycles. The van der Waals surface area contributed by atoms with Crippen molar-refractivity contribution >= 4 is 11.9 Å². The Labute approximate surface area is 116 Å². The molecule has 2 saturated carbocycles. The first-order chi connectivity index (χ1) is 9.38. The molecule has 2 fully saturated rings. The monoisotopic (exact) mass is 256 g/mol. The Morgan fingerprint density at radius 2 is 1.53 bits per heavy atom. The van der Waals surface area contributed by atoms with Crippen LogP contribution in [-0.4, -0.2) is 25.3 Å². The van der Waals surface area contributed by atoms with E-state index in [1.807, 2.05) is 7.05 Å². The second-order valence-corrected chi connectivity index (χ2v) is 5.95. The number of rotatable bonds is 4. The van der Waals surface area contributed by atoms with E-state index < -0.39 is 0 Å². The summed E-state index contributed by atoms with van der Waals surface area (Å²) in [6.07, 6.45) is 10.2. The molecule has 0 radical (unpaired) electrons. The molecule has 0 bridgehead atoms. The molecule has 1 aromatic rings. The molecule has 2 aliphatic rings. The van der Waals surface area contributed by atoms with Gasteiger partial charge in [0, 0.05) is 31.0 Å². The molecule has 3 rings (SSSR count). The largest absolute Gasteiger partial charge is 0.366 e. The van der Waals surface area contributed by atoms with E-state index in [1.54, 1.807) is 0 Å². The van der Waals surface area contributed by atoms with Crippen LogP contribution in [0, 0.1) is 5.92 Å². The maximum absolute atomic E-state index is 4.20. The standard InChI is InChI=1S/C17H24N2/c1-18-13-14-7-9-16(10-8-14)19(17-11-12-17)15-5-3-2-4-6-15/h2-6,13-14,16-17H,7-12H2,1H3. The van der Waals surface area contributed by atoms with Gasteiger partial charge in [-0.05, 0) is 56.6 Å². The Kier molecular flexibility index (Phi) is 3.86. The number of benzene rings is 1. The molecule has 0 unspecified atom stereocenters. The molecule has 0 aromatic heterocycles. The highest BCUT2D eigenvalue weighted by atomic mass is 15.2. The van der Waals surface area contributed by atoms with Crippen LogP contribution in [0.25, 0.3) is 0 Å². The van der Waals surface area contributed by atoms with Crippen molar-refractivity contribution in [3.05, 3.63) is 30.3 Å². The third-order valence-electron chi connectivity index (χ3n) is 4.49. The van der Waals surface area contributed by atoms with Gasteiger partial charge >= 0.3 is 0 Å². The first kappa shape index (κ1) is 12.7. The summed E-state index contributed by atoms with van der Waals surface area (Å²) in [7, 11) is 1.90. The zero-order chi connectivity index (χ0) is 13.1. The first-order valence-electron chi connectivity index (χ1n) is 7.64. The molecule has 19 heavy (non-hydrogen) atoms. The molecule has 2 heteroatoms. The van der Waals surface area contributed by atoms with E-state index >= 15 is 0 Å². The topological polar surface area (TPSA) is 15.6 Å². The van der Waals surface area contributed by atoms with Crippen molar-refractivity contribution in [2.75, 3.05) is 11.9 Å². The van der Waals surface area contributed by atoms with Gasteiger partial charge in [-0.15, -0.1) is 0 Å². The van der Waals surface area contributed by atoms with Crippen molar-refractivity contribution in [1.29, 1.82) is 0 Å². The second-order valence-electron chi connectivity index (χ2n) is 5.95. The van der Waals surface area contributed by atoms with Crippen LogP contribution in [0.3, 0.4) is 0 Å². The zero-order valence-corrected chi connectivity index (χ0v) is 11.8. The number of nitrogens with zero attached hydrogens (tertiary/aromatic N) is 2. The van der Waals surface area contributed by atoms with Crippen molar-refractivity contribution in [1.82, 2.24) is 0 Å². The van der Waals surface area contributed by atoms with Crippen LogP contribution in [0.15, 0.2) is 35.3 Å². The molecule has 0 spiro atoms. The fourth-order valence-corrected chi connectivity index (χ4v) is 3.41. The predicted molar refractivity (Wildman–Crippen MR) is 82.1 cm³/mol. The second kappa shape index (κ2) is 5.77. The summed E-state index contributed by atoms with van der Waals surface area (Å²) in [5, 5.41) is 0. The quantitative estimate of drug-likeness (QED) is 0.746. The van der Waals surface area contributed by atoms with E-state index in [1.165, 1.54) is 44.2 Å². The van der Waals surface area contributed by atoms with Crippen LogP contribution in [0.2, 0.25) is 0 Å². The predicted octanol–water partition coefficient (Wildman–Crippen LogP) is 3.91. The van der Waals surface area contributed by atoms with E-state index in [4.69, 9.17) is 0 Å². The molecular weight excluding hydrogens is 232 g/mol. The average Bonchev–Trinajstić information content (AvgIpc) is 3.27. The molecule has 0 atom stereocenters. The third kappa shape index (κ3) is 2.99. The van der Waals surface area contributed by atoms with Crippen molar-refractivity contribution in [2.45, 2.75) is 50.6 Å². The molecular formula is C17H24N2. The SMILES string of the molecule is CN=CC1CCC(N(c2ccccc2)C2CC2)CC1. The van der Waals surface area contributed by atoms with E-state index in [0.29, 0.717) is 0 Å². The fourth-order valence-electron chi connectivity index (χ4n) is 3.41. The lowest BCUT2D eigenvalue weighted by atomic mass is 9.85. The summed E-state index contributed by atoms with van der Waals surface area (Å²) in [5.74, 6) is 0.720. The minimum Gasteiger partial charge on any atom is -0.366 e. The summed E-state index contributed by atoms with van der Waals surface area (Å²) in [6.45, 7) is 0. The van der Waals surface area contributed by atoms with Gasteiger partial charge < -0.3 is 9.89 Å². The smallest absolute Gasteiger partial charge is 0.0371 e. The Bertz CT molecular complexity index is 414. The number of hydrogen-bond donors (Lipinski definition) is 0. The van der Waals surface area contributed by atoms with Crippen LogP contribution >= 0.6 is 0 Å². The van der Waals surface area contributed by atoms with Crippen LogP contribution in [0.1, 0.15) is 38.5 Å². The Morgan fingerprint density at radius 1 is 0.947 bits per heavy atom. The molecule has 2 nitrogen and oxygen atoms in total. The molecule has 2 aliphatic carbocycles. The Hall–Kier alpha value is -1.31.